The quantitative estimate of drug-likeness (QED) is 0.852. The molecule has 0 radical (unpaired) electrons. The molecule has 5 nitrogen and oxygen atoms in total. The summed E-state index contributed by atoms with van der Waals surface area (Å²) in [5.74, 6) is 0.475. The Morgan fingerprint density at radius 2 is 1.78 bits per heavy atom. The molecule has 23 heavy (non-hydrogen) atoms. The summed E-state index contributed by atoms with van der Waals surface area (Å²) in [5, 5.41) is 18.3. The molecule has 0 aliphatic carbocycles. The molecule has 2 aromatic rings. The van der Waals surface area contributed by atoms with E-state index in [9.17, 15) is 9.90 Å². The Kier molecular flexibility index (Phi) is 6.01. The van der Waals surface area contributed by atoms with E-state index in [2.05, 4.69) is 0 Å². The molecule has 0 aromatic heterocycles. The Bertz CT molecular complexity index is 680. The van der Waals surface area contributed by atoms with Crippen LogP contribution in [-0.4, -0.2) is 35.8 Å². The minimum atomic E-state index is -0.974. The molecule has 0 saturated heterocycles. The van der Waals surface area contributed by atoms with Crippen LogP contribution in [0.15, 0.2) is 54.6 Å². The molecule has 0 saturated carbocycles. The van der Waals surface area contributed by atoms with Crippen molar-refractivity contribution in [1.82, 2.24) is 4.90 Å². The summed E-state index contributed by atoms with van der Waals surface area (Å²) in [4.78, 5) is 12.6. The smallest absolute Gasteiger partial charge is 0.407 e. The Morgan fingerprint density at radius 1 is 1.09 bits per heavy atom. The summed E-state index contributed by atoms with van der Waals surface area (Å²) in [6.45, 7) is 0.865. The molecule has 118 valence electrons. The fourth-order valence-electron chi connectivity index (χ4n) is 2.16. The van der Waals surface area contributed by atoms with Crippen molar-refractivity contribution in [1.29, 1.82) is 5.26 Å². The maximum atomic E-state index is 11.3. The highest BCUT2D eigenvalue weighted by molar-refractivity contribution is 5.64. The van der Waals surface area contributed by atoms with E-state index in [1.165, 1.54) is 4.90 Å². The second-order valence-electron chi connectivity index (χ2n) is 4.96. The average Bonchev–Trinajstić information content (AvgIpc) is 2.58. The van der Waals surface area contributed by atoms with Gasteiger partial charge in [-0.05, 0) is 24.1 Å². The number of hydrogen-bond acceptors (Lipinski definition) is 3. The van der Waals surface area contributed by atoms with Crippen LogP contribution in [0.4, 0.5) is 4.79 Å². The van der Waals surface area contributed by atoms with Crippen molar-refractivity contribution in [2.45, 2.75) is 6.42 Å². The van der Waals surface area contributed by atoms with Crippen LogP contribution in [0.25, 0.3) is 0 Å². The molecule has 5 heteroatoms. The summed E-state index contributed by atoms with van der Waals surface area (Å²) in [6.07, 6.45) is -0.319. The van der Waals surface area contributed by atoms with E-state index in [1.807, 2.05) is 36.4 Å². The zero-order valence-corrected chi connectivity index (χ0v) is 12.7. The van der Waals surface area contributed by atoms with E-state index in [0.29, 0.717) is 24.3 Å². The van der Waals surface area contributed by atoms with Crippen molar-refractivity contribution in [2.75, 3.05) is 19.7 Å². The number of ether oxygens (including phenoxy) is 1. The molecule has 2 rings (SSSR count). The summed E-state index contributed by atoms with van der Waals surface area (Å²) < 4.78 is 5.53. The lowest BCUT2D eigenvalue weighted by molar-refractivity contribution is 0.136. The molecule has 0 aliphatic heterocycles. The normalized spacial score (nSPS) is 9.87. The van der Waals surface area contributed by atoms with E-state index < -0.39 is 6.09 Å². The SMILES string of the molecule is N#Cc1ccccc1OCCN(CCc1ccccc1)C(=O)O. The number of rotatable bonds is 7. The molecule has 1 amide bonds. The van der Waals surface area contributed by atoms with E-state index in [-0.39, 0.29) is 13.2 Å². The zero-order chi connectivity index (χ0) is 16.5. The molecule has 1 N–H and O–H groups in total. The van der Waals surface area contributed by atoms with Gasteiger partial charge in [0.1, 0.15) is 18.4 Å². The third kappa shape index (κ3) is 5.04. The predicted molar refractivity (Wildman–Crippen MR) is 86.4 cm³/mol. The van der Waals surface area contributed by atoms with Crippen LogP contribution in [0.1, 0.15) is 11.1 Å². The fraction of sp³-hybridized carbons (Fsp3) is 0.222. The van der Waals surface area contributed by atoms with E-state index >= 15 is 0 Å². The highest BCUT2D eigenvalue weighted by Crippen LogP contribution is 2.16. The Hall–Kier alpha value is -3.00. The van der Waals surface area contributed by atoms with Gasteiger partial charge in [0.05, 0.1) is 12.1 Å². The van der Waals surface area contributed by atoms with Crippen LogP contribution in [0.2, 0.25) is 0 Å². The number of amides is 1. The molecule has 0 heterocycles. The van der Waals surface area contributed by atoms with Crippen molar-refractivity contribution in [3.63, 3.8) is 0 Å². The number of nitriles is 1. The van der Waals surface area contributed by atoms with Gasteiger partial charge in [0.2, 0.25) is 0 Å². The Morgan fingerprint density at radius 3 is 2.48 bits per heavy atom. The maximum Gasteiger partial charge on any atom is 0.407 e. The summed E-state index contributed by atoms with van der Waals surface area (Å²) in [5.41, 5.74) is 1.54. The van der Waals surface area contributed by atoms with Gasteiger partial charge in [-0.2, -0.15) is 5.26 Å². The van der Waals surface area contributed by atoms with Crippen LogP contribution >= 0.6 is 0 Å². The molecule has 0 atom stereocenters. The number of carboxylic acid groups (broad SMARTS) is 1. The lowest BCUT2D eigenvalue weighted by Crippen LogP contribution is -2.35. The van der Waals surface area contributed by atoms with E-state index in [4.69, 9.17) is 10.00 Å². The number of hydrogen-bond donors (Lipinski definition) is 1. The lowest BCUT2D eigenvalue weighted by atomic mass is 10.1. The van der Waals surface area contributed by atoms with Gasteiger partial charge in [0.15, 0.2) is 0 Å². The van der Waals surface area contributed by atoms with Gasteiger partial charge in [-0.1, -0.05) is 42.5 Å². The number of para-hydroxylation sites is 1. The molecule has 0 aliphatic rings. The molecule has 0 bridgehead atoms. The number of benzene rings is 2. The van der Waals surface area contributed by atoms with Gasteiger partial charge in [0.25, 0.3) is 0 Å². The largest absolute Gasteiger partial charge is 0.490 e. The van der Waals surface area contributed by atoms with Crippen LogP contribution in [0.5, 0.6) is 5.75 Å². The summed E-state index contributed by atoms with van der Waals surface area (Å²) in [7, 11) is 0. The van der Waals surface area contributed by atoms with Crippen molar-refractivity contribution in [3.8, 4) is 11.8 Å². The van der Waals surface area contributed by atoms with E-state index in [0.717, 1.165) is 5.56 Å². The van der Waals surface area contributed by atoms with Crippen LogP contribution < -0.4 is 4.74 Å². The molecule has 0 unspecified atom stereocenters. The first kappa shape index (κ1) is 16.4. The topological polar surface area (TPSA) is 73.6 Å². The lowest BCUT2D eigenvalue weighted by Gasteiger charge is -2.19. The predicted octanol–water partition coefficient (Wildman–Crippen LogP) is 3.16. The maximum absolute atomic E-state index is 11.3. The molecular weight excluding hydrogens is 292 g/mol. The third-order valence-electron chi connectivity index (χ3n) is 3.41. The Labute approximate surface area is 135 Å². The third-order valence-corrected chi connectivity index (χ3v) is 3.41. The minimum absolute atomic E-state index is 0.208. The van der Waals surface area contributed by atoms with Crippen LogP contribution in [0, 0.1) is 11.3 Å². The van der Waals surface area contributed by atoms with Crippen molar-refractivity contribution in [2.24, 2.45) is 0 Å². The molecular formula is C18H18N2O3. The molecule has 0 spiro atoms. The average molecular weight is 310 g/mol. The van der Waals surface area contributed by atoms with E-state index in [1.54, 1.807) is 24.3 Å². The van der Waals surface area contributed by atoms with Gasteiger partial charge in [0, 0.05) is 6.54 Å². The first-order chi connectivity index (χ1) is 11.2. The van der Waals surface area contributed by atoms with Gasteiger partial charge in [-0.15, -0.1) is 0 Å². The molecule has 2 aromatic carbocycles. The fourth-order valence-corrected chi connectivity index (χ4v) is 2.16. The first-order valence-electron chi connectivity index (χ1n) is 7.34. The van der Waals surface area contributed by atoms with Gasteiger partial charge < -0.3 is 14.7 Å². The number of carbonyl (C=O) groups is 1. The van der Waals surface area contributed by atoms with Crippen LogP contribution in [-0.2, 0) is 6.42 Å². The van der Waals surface area contributed by atoms with Crippen molar-refractivity contribution in [3.05, 3.63) is 65.7 Å². The first-order valence-corrected chi connectivity index (χ1v) is 7.34. The second-order valence-corrected chi connectivity index (χ2v) is 4.96. The highest BCUT2D eigenvalue weighted by Gasteiger charge is 2.12. The van der Waals surface area contributed by atoms with Gasteiger partial charge in [-0.25, -0.2) is 4.79 Å². The van der Waals surface area contributed by atoms with Crippen LogP contribution in [0.3, 0.4) is 0 Å². The summed E-state index contributed by atoms with van der Waals surface area (Å²) in [6, 6.07) is 18.7. The molecule has 0 fully saturated rings. The van der Waals surface area contributed by atoms with Crippen molar-refractivity contribution >= 4 is 6.09 Å². The standard InChI is InChI=1S/C18H18N2O3/c19-14-16-8-4-5-9-17(16)23-13-12-20(18(21)22)11-10-15-6-2-1-3-7-15/h1-9H,10-13H2,(H,21,22). The second kappa shape index (κ2) is 8.44. The Balaban J connectivity index is 1.85. The highest BCUT2D eigenvalue weighted by atomic mass is 16.5. The zero-order valence-electron chi connectivity index (χ0n) is 12.7. The van der Waals surface area contributed by atoms with Gasteiger partial charge >= 0.3 is 6.09 Å². The summed E-state index contributed by atoms with van der Waals surface area (Å²) >= 11 is 0. The van der Waals surface area contributed by atoms with Crippen molar-refractivity contribution < 1.29 is 14.6 Å². The minimum Gasteiger partial charge on any atom is -0.490 e. The monoisotopic (exact) mass is 310 g/mol. The number of nitrogens with zero attached hydrogens (tertiary/aromatic N) is 2. The van der Waals surface area contributed by atoms with Gasteiger partial charge in [-0.3, -0.25) is 0 Å².